The number of benzene rings is 2. The second-order valence-electron chi connectivity index (χ2n) is 8.95. The maximum absolute atomic E-state index is 13.4. The number of para-hydroxylation sites is 1. The molecule has 5 heteroatoms. The Bertz CT molecular complexity index is 1070. The normalized spacial score (nSPS) is 19.2. The van der Waals surface area contributed by atoms with Crippen LogP contribution in [-0.2, 0) is 13.0 Å². The third kappa shape index (κ3) is 4.43. The molecule has 2 aliphatic rings. The van der Waals surface area contributed by atoms with Crippen LogP contribution in [0.25, 0.3) is 10.9 Å². The molecular formula is C26H31FN4. The van der Waals surface area contributed by atoms with Crippen LogP contribution < -0.4 is 10.2 Å². The van der Waals surface area contributed by atoms with Gasteiger partial charge < -0.3 is 10.2 Å². The second kappa shape index (κ2) is 8.93. The monoisotopic (exact) mass is 418 g/mol. The van der Waals surface area contributed by atoms with Crippen LogP contribution in [0, 0.1) is 12.7 Å². The zero-order chi connectivity index (χ0) is 21.2. The highest BCUT2D eigenvalue weighted by Gasteiger charge is 2.31. The molecule has 0 saturated carbocycles. The maximum Gasteiger partial charge on any atom is 0.133 e. The van der Waals surface area contributed by atoms with Crippen molar-refractivity contribution in [2.45, 2.75) is 38.8 Å². The Kier molecular flexibility index (Phi) is 5.88. The van der Waals surface area contributed by atoms with E-state index in [1.54, 1.807) is 12.1 Å². The Balaban J connectivity index is 1.36. The van der Waals surface area contributed by atoms with Gasteiger partial charge in [-0.25, -0.2) is 9.37 Å². The van der Waals surface area contributed by atoms with Crippen molar-refractivity contribution in [2.75, 3.05) is 37.6 Å². The number of nitrogens with zero attached hydrogens (tertiary/aromatic N) is 3. The van der Waals surface area contributed by atoms with Crippen molar-refractivity contribution in [1.29, 1.82) is 0 Å². The summed E-state index contributed by atoms with van der Waals surface area (Å²) in [6, 6.07) is 16.3. The van der Waals surface area contributed by atoms with Crippen molar-refractivity contribution in [2.24, 2.45) is 0 Å². The SMILES string of the molecule is Cc1cccc2cc(CNCCc3cccc(F)c3)c(N3CCN4CCCC4C3)nc12. The smallest absolute Gasteiger partial charge is 0.133 e. The summed E-state index contributed by atoms with van der Waals surface area (Å²) in [4.78, 5) is 10.3. The lowest BCUT2D eigenvalue weighted by molar-refractivity contribution is 0.230. The van der Waals surface area contributed by atoms with Crippen molar-refractivity contribution in [3.63, 3.8) is 0 Å². The number of nitrogens with one attached hydrogen (secondary N) is 1. The number of anilines is 1. The van der Waals surface area contributed by atoms with Gasteiger partial charge in [-0.1, -0.05) is 30.3 Å². The molecule has 2 saturated heterocycles. The van der Waals surface area contributed by atoms with Crippen LogP contribution >= 0.6 is 0 Å². The summed E-state index contributed by atoms with van der Waals surface area (Å²) in [6.07, 6.45) is 3.43. The molecule has 0 amide bonds. The molecule has 0 radical (unpaired) electrons. The van der Waals surface area contributed by atoms with Gasteiger partial charge in [0, 0.05) is 43.2 Å². The van der Waals surface area contributed by atoms with E-state index in [4.69, 9.17) is 4.98 Å². The highest BCUT2D eigenvalue weighted by atomic mass is 19.1. The van der Waals surface area contributed by atoms with Gasteiger partial charge in [-0.05, 0) is 68.6 Å². The summed E-state index contributed by atoms with van der Waals surface area (Å²) in [5, 5.41) is 4.77. The van der Waals surface area contributed by atoms with E-state index in [1.807, 2.05) is 6.07 Å². The fraction of sp³-hybridized carbons (Fsp3) is 0.423. The summed E-state index contributed by atoms with van der Waals surface area (Å²) in [6.45, 7) is 8.21. The maximum atomic E-state index is 13.4. The Morgan fingerprint density at radius 3 is 2.90 bits per heavy atom. The molecule has 0 aliphatic carbocycles. The van der Waals surface area contributed by atoms with E-state index in [2.05, 4.69) is 46.3 Å². The highest BCUT2D eigenvalue weighted by Crippen LogP contribution is 2.29. The second-order valence-corrected chi connectivity index (χ2v) is 8.95. The van der Waals surface area contributed by atoms with Crippen molar-refractivity contribution >= 4 is 16.7 Å². The number of aryl methyl sites for hydroxylation is 1. The Morgan fingerprint density at radius 1 is 1.10 bits per heavy atom. The van der Waals surface area contributed by atoms with Crippen LogP contribution in [-0.4, -0.2) is 48.6 Å². The van der Waals surface area contributed by atoms with Crippen LogP contribution in [0.15, 0.2) is 48.5 Å². The molecule has 5 rings (SSSR count). The van der Waals surface area contributed by atoms with Crippen LogP contribution in [0.1, 0.15) is 29.5 Å². The van der Waals surface area contributed by atoms with Gasteiger partial charge in [-0.15, -0.1) is 0 Å². The van der Waals surface area contributed by atoms with Gasteiger partial charge in [0.25, 0.3) is 0 Å². The molecule has 0 spiro atoms. The predicted molar refractivity (Wildman–Crippen MR) is 125 cm³/mol. The van der Waals surface area contributed by atoms with Gasteiger partial charge in [0.05, 0.1) is 5.52 Å². The minimum absolute atomic E-state index is 0.167. The predicted octanol–water partition coefficient (Wildman–Crippen LogP) is 4.30. The first kappa shape index (κ1) is 20.4. The van der Waals surface area contributed by atoms with E-state index in [0.717, 1.165) is 56.0 Å². The fourth-order valence-corrected chi connectivity index (χ4v) is 5.12. The summed E-state index contributed by atoms with van der Waals surface area (Å²) >= 11 is 0. The lowest BCUT2D eigenvalue weighted by Gasteiger charge is -2.39. The standard InChI is InChI=1S/C26H31FN4/c1-19-5-2-7-21-16-22(17-28-11-10-20-6-3-8-23(27)15-20)26(29-25(19)21)31-14-13-30-12-4-9-24(30)18-31/h2-3,5-8,15-16,24,28H,4,9-14,17-18H2,1H3. The van der Waals surface area contributed by atoms with Gasteiger partial charge >= 0.3 is 0 Å². The fourth-order valence-electron chi connectivity index (χ4n) is 5.12. The first-order valence-corrected chi connectivity index (χ1v) is 11.5. The molecule has 3 aromatic rings. The van der Waals surface area contributed by atoms with Gasteiger partial charge in [0.1, 0.15) is 11.6 Å². The van der Waals surface area contributed by atoms with Crippen LogP contribution in [0.5, 0.6) is 0 Å². The first-order chi connectivity index (χ1) is 15.2. The van der Waals surface area contributed by atoms with Crippen LogP contribution in [0.4, 0.5) is 10.2 Å². The Hall–Kier alpha value is -2.50. The molecule has 2 aromatic carbocycles. The third-order valence-electron chi connectivity index (χ3n) is 6.79. The van der Waals surface area contributed by atoms with Crippen molar-refractivity contribution in [3.8, 4) is 0 Å². The highest BCUT2D eigenvalue weighted by molar-refractivity contribution is 5.84. The number of aromatic nitrogens is 1. The molecule has 1 aromatic heterocycles. The molecule has 31 heavy (non-hydrogen) atoms. The quantitative estimate of drug-likeness (QED) is 0.605. The number of rotatable bonds is 6. The topological polar surface area (TPSA) is 31.4 Å². The molecule has 3 heterocycles. The zero-order valence-electron chi connectivity index (χ0n) is 18.3. The average Bonchev–Trinajstić information content (AvgIpc) is 3.24. The number of hydrogen-bond donors (Lipinski definition) is 1. The van der Waals surface area contributed by atoms with Crippen molar-refractivity contribution < 1.29 is 4.39 Å². The molecule has 4 nitrogen and oxygen atoms in total. The van der Waals surface area contributed by atoms with Gasteiger partial charge in [-0.2, -0.15) is 0 Å². The minimum Gasteiger partial charge on any atom is -0.353 e. The number of piperazine rings is 1. The lowest BCUT2D eigenvalue weighted by Crippen LogP contribution is -2.50. The van der Waals surface area contributed by atoms with E-state index in [1.165, 1.54) is 42.0 Å². The zero-order valence-corrected chi connectivity index (χ0v) is 18.3. The molecule has 0 bridgehead atoms. The molecule has 1 N–H and O–H groups in total. The van der Waals surface area contributed by atoms with Crippen molar-refractivity contribution in [3.05, 3.63) is 71.0 Å². The first-order valence-electron chi connectivity index (χ1n) is 11.5. The largest absolute Gasteiger partial charge is 0.353 e. The molecule has 2 aliphatic heterocycles. The summed E-state index contributed by atoms with van der Waals surface area (Å²) in [7, 11) is 0. The molecule has 1 atom stereocenters. The van der Waals surface area contributed by atoms with Gasteiger partial charge in [0.15, 0.2) is 0 Å². The van der Waals surface area contributed by atoms with E-state index in [9.17, 15) is 4.39 Å². The number of fused-ring (bicyclic) bond motifs is 2. The Morgan fingerprint density at radius 2 is 2.00 bits per heavy atom. The van der Waals surface area contributed by atoms with Crippen LogP contribution in [0.3, 0.4) is 0 Å². The minimum atomic E-state index is -0.167. The van der Waals surface area contributed by atoms with E-state index in [0.29, 0.717) is 6.04 Å². The van der Waals surface area contributed by atoms with Crippen molar-refractivity contribution in [1.82, 2.24) is 15.2 Å². The number of hydrogen-bond acceptors (Lipinski definition) is 4. The molecule has 162 valence electrons. The lowest BCUT2D eigenvalue weighted by atomic mass is 10.1. The number of pyridine rings is 1. The van der Waals surface area contributed by atoms with E-state index in [-0.39, 0.29) is 5.82 Å². The van der Waals surface area contributed by atoms with Gasteiger partial charge in [0.2, 0.25) is 0 Å². The molecular weight excluding hydrogens is 387 g/mol. The van der Waals surface area contributed by atoms with E-state index < -0.39 is 0 Å². The summed E-state index contributed by atoms with van der Waals surface area (Å²) < 4.78 is 13.4. The number of halogens is 1. The summed E-state index contributed by atoms with van der Waals surface area (Å²) in [5.41, 5.74) is 4.61. The molecule has 2 fully saturated rings. The average molecular weight is 419 g/mol. The van der Waals surface area contributed by atoms with Gasteiger partial charge in [-0.3, -0.25) is 4.90 Å². The van der Waals surface area contributed by atoms with Crippen LogP contribution in [0.2, 0.25) is 0 Å². The Labute approximate surface area is 184 Å². The third-order valence-corrected chi connectivity index (χ3v) is 6.79. The summed E-state index contributed by atoms with van der Waals surface area (Å²) in [5.74, 6) is 0.964. The molecule has 1 unspecified atom stereocenters. The van der Waals surface area contributed by atoms with E-state index >= 15 is 0 Å².